The van der Waals surface area contributed by atoms with E-state index >= 15 is 17.6 Å². The Morgan fingerprint density at radius 2 is 0.633 bits per heavy atom. The number of aliphatic imine (C=N–C) groups is 2. The summed E-state index contributed by atoms with van der Waals surface area (Å²) in [6.07, 6.45) is -7.90. The third kappa shape index (κ3) is 9.05. The van der Waals surface area contributed by atoms with Gasteiger partial charge in [-0.05, 0) is 18.6 Å². The van der Waals surface area contributed by atoms with E-state index in [-0.39, 0.29) is 13.0 Å². The first-order valence-electron chi connectivity index (χ1n) is 17.8. The second kappa shape index (κ2) is 19.4. The van der Waals surface area contributed by atoms with Crippen LogP contribution >= 0.6 is 0 Å². The molecule has 0 heterocycles. The second-order valence-electron chi connectivity index (χ2n) is 14.8. The molecule has 0 unspecified atom stereocenters. The lowest BCUT2D eigenvalue weighted by molar-refractivity contribution is -0.495. The number of esters is 1. The van der Waals surface area contributed by atoms with Crippen molar-refractivity contribution in [1.82, 2.24) is 5.32 Å². The van der Waals surface area contributed by atoms with E-state index in [1.165, 1.54) is 0 Å². The van der Waals surface area contributed by atoms with E-state index in [1.807, 2.05) is 0 Å². The lowest BCUT2D eigenvalue weighted by atomic mass is 9.81. The van der Waals surface area contributed by atoms with E-state index in [2.05, 4.69) is 14.7 Å². The van der Waals surface area contributed by atoms with Gasteiger partial charge in [0.25, 0.3) is 5.91 Å². The van der Waals surface area contributed by atoms with E-state index in [4.69, 9.17) is 0 Å². The summed E-state index contributed by atoms with van der Waals surface area (Å²) >= 11 is 0. The van der Waals surface area contributed by atoms with Crippen molar-refractivity contribution in [3.8, 4) is 0 Å². The zero-order chi connectivity index (χ0) is 64.2. The highest BCUT2D eigenvalue weighted by Gasteiger charge is 3.03. The van der Waals surface area contributed by atoms with Gasteiger partial charge in [-0.1, -0.05) is 0 Å². The quantitative estimate of drug-likeness (QED) is 0.0385. The summed E-state index contributed by atoms with van der Waals surface area (Å²) in [4.78, 5) is 50.3. The number of nitrogens with one attached hydrogen (secondary N) is 1. The van der Waals surface area contributed by atoms with Gasteiger partial charge < -0.3 is 10.1 Å². The highest BCUT2D eigenvalue weighted by molar-refractivity contribution is 6.04. The van der Waals surface area contributed by atoms with Crippen molar-refractivity contribution in [2.24, 2.45) is 9.98 Å². The lowest BCUT2D eigenvalue weighted by Gasteiger charge is -2.47. The summed E-state index contributed by atoms with van der Waals surface area (Å²) in [6, 6.07) is -1.01. The molecule has 0 aliphatic heterocycles. The molecule has 0 radical (unpaired) electrons. The number of ether oxygens (including phenoxy) is 1. The van der Waals surface area contributed by atoms with Crippen LogP contribution in [0, 0.1) is 6.92 Å². The van der Waals surface area contributed by atoms with Crippen LogP contribution in [-0.2, 0) is 25.0 Å². The molecule has 1 aromatic carbocycles. The Morgan fingerprint density at radius 3 is 0.861 bits per heavy atom. The van der Waals surface area contributed by atoms with Crippen LogP contribution in [0.4, 0.5) is 183 Å². The van der Waals surface area contributed by atoms with E-state index in [9.17, 15) is 173 Å². The number of halogens is 39. The number of nitrogens with zero attached hydrogens (tertiary/aromatic N) is 2. The predicted octanol–water partition coefficient (Wildman–Crippen LogP) is 13.6. The Morgan fingerprint density at radius 1 is 0.405 bits per heavy atom. The number of rotatable bonds is 23. The van der Waals surface area contributed by atoms with Gasteiger partial charge in [0.05, 0.1) is 5.56 Å². The molecule has 8 nitrogen and oxygen atoms in total. The molecule has 0 aliphatic carbocycles. The van der Waals surface area contributed by atoms with E-state index < -0.39 is 166 Å². The molecule has 1 N–H and O–H groups in total. The Kier molecular flexibility index (Phi) is 17.5. The molecule has 79 heavy (non-hydrogen) atoms. The van der Waals surface area contributed by atoms with Gasteiger partial charge in [-0.25, -0.2) is 9.59 Å². The molecule has 1 amide bonds. The van der Waals surface area contributed by atoms with Gasteiger partial charge in [-0.15, -0.1) is 0 Å². The maximum atomic E-state index is 15.6. The van der Waals surface area contributed by atoms with E-state index in [0.717, 1.165) is 5.32 Å². The number of benzene rings is 1. The van der Waals surface area contributed by atoms with Crippen molar-refractivity contribution in [3.05, 3.63) is 22.8 Å². The average molecular weight is 1260 g/mol. The summed E-state index contributed by atoms with van der Waals surface area (Å²) in [7, 11) is 0. The number of carbonyl (C=O) groups is 2. The van der Waals surface area contributed by atoms with Crippen LogP contribution in [0.2, 0.25) is 0 Å². The standard InChI is InChI=1S/C32H10F39N3O5/c1-7-3-9(10(13(78)74-6-79-8(2)77)12(73-5-76)11(7)72-4-75)14(33,34)15(35,36)16(37,38)17(39,40)18(41,42)19(43,44)20(45,46)21(47,48)22(49,50)23(51,52)24(53,54)25(55,56)26(57,58)27(59,60)28(61,62)29(63,64)30(65,66)31(67,68)32(69,70)71/h3H,6H2,1-2H3,(H,74,78). The number of alkyl halides is 39. The van der Waals surface area contributed by atoms with Crippen molar-refractivity contribution < 1.29 is 195 Å². The van der Waals surface area contributed by atoms with Crippen LogP contribution in [-0.4, -0.2) is 138 Å². The minimum atomic E-state index is -10.7. The van der Waals surface area contributed by atoms with Crippen molar-refractivity contribution in [3.63, 3.8) is 0 Å². The van der Waals surface area contributed by atoms with Crippen molar-refractivity contribution in [1.29, 1.82) is 0 Å². The molecule has 456 valence electrons. The molecule has 1 rings (SSSR count). The molecule has 1 aromatic rings. The van der Waals surface area contributed by atoms with Crippen LogP contribution in [0.25, 0.3) is 0 Å². The number of isocyanates is 2. The monoisotopic (exact) mass is 1260 g/mol. The van der Waals surface area contributed by atoms with Crippen molar-refractivity contribution >= 4 is 35.4 Å². The zero-order valence-electron chi connectivity index (χ0n) is 35.5. The van der Waals surface area contributed by atoms with Crippen LogP contribution < -0.4 is 5.32 Å². The molecule has 47 heteroatoms. The minimum Gasteiger partial charge on any atom is -0.445 e. The maximum Gasteiger partial charge on any atom is 0.460 e. The average Bonchev–Trinajstić information content (AvgIpc) is 3.25. The fraction of sp³-hybridized carbons (Fsp3) is 0.688. The number of hydrogen-bond donors (Lipinski definition) is 1. The first kappa shape index (κ1) is 71.2. The van der Waals surface area contributed by atoms with Gasteiger partial charge in [0, 0.05) is 12.5 Å². The van der Waals surface area contributed by atoms with E-state index in [0.29, 0.717) is 13.0 Å². The van der Waals surface area contributed by atoms with Crippen LogP contribution in [0.15, 0.2) is 16.1 Å². The Bertz CT molecular complexity index is 2610. The fourth-order valence-electron chi connectivity index (χ4n) is 5.40. The summed E-state index contributed by atoms with van der Waals surface area (Å²) in [6.45, 7) is -1.29. The number of amides is 1. The molecular formula is C32H10F39N3O5. The van der Waals surface area contributed by atoms with Crippen molar-refractivity contribution in [2.45, 2.75) is 127 Å². The maximum absolute atomic E-state index is 15.6. The molecular weight excluding hydrogens is 1250 g/mol. The number of carbonyl (C=O) groups excluding carboxylic acids is 4. The third-order valence-corrected chi connectivity index (χ3v) is 9.91. The topological polar surface area (TPSA) is 114 Å². The molecule has 0 bridgehead atoms. The first-order chi connectivity index (χ1) is 34.1. The Labute approximate surface area is 402 Å². The third-order valence-electron chi connectivity index (χ3n) is 9.91. The molecule has 0 atom stereocenters. The second-order valence-corrected chi connectivity index (χ2v) is 14.8. The lowest BCUT2D eigenvalue weighted by Crippen LogP contribution is -2.80. The van der Waals surface area contributed by atoms with Gasteiger partial charge in [-0.3, -0.25) is 9.59 Å². The van der Waals surface area contributed by atoms with Crippen LogP contribution in [0.5, 0.6) is 0 Å². The van der Waals surface area contributed by atoms with Gasteiger partial charge in [-0.2, -0.15) is 181 Å². The molecule has 0 saturated carbocycles. The molecule has 0 spiro atoms. The highest BCUT2D eigenvalue weighted by Crippen LogP contribution is 2.71. The molecule has 0 aliphatic rings. The normalized spacial score (nSPS) is 15.6. The predicted molar refractivity (Wildman–Crippen MR) is 165 cm³/mol. The van der Waals surface area contributed by atoms with Gasteiger partial charge in [0.15, 0.2) is 6.73 Å². The van der Waals surface area contributed by atoms with E-state index in [1.54, 1.807) is 0 Å². The number of aryl methyl sites for hydroxylation is 1. The fourth-order valence-corrected chi connectivity index (χ4v) is 5.40. The zero-order valence-corrected chi connectivity index (χ0v) is 35.5. The van der Waals surface area contributed by atoms with Gasteiger partial charge in [0.2, 0.25) is 12.2 Å². The van der Waals surface area contributed by atoms with Crippen LogP contribution in [0.3, 0.4) is 0 Å². The Balaban J connectivity index is 4.34. The minimum absolute atomic E-state index is 0.0839. The number of hydrogen-bond acceptors (Lipinski definition) is 7. The van der Waals surface area contributed by atoms with Crippen molar-refractivity contribution in [2.75, 3.05) is 6.73 Å². The van der Waals surface area contributed by atoms with Gasteiger partial charge in [0.1, 0.15) is 11.4 Å². The largest absolute Gasteiger partial charge is 0.460 e. The van der Waals surface area contributed by atoms with Crippen LogP contribution in [0.1, 0.15) is 28.4 Å². The smallest absolute Gasteiger partial charge is 0.445 e. The SMILES string of the molecule is CC(=O)OCNC(=O)c1c(C(F)(F)C(F)(F)C(F)(F)C(F)(F)C(F)(F)C(F)(F)C(F)(F)C(F)(F)C(F)(F)C(F)(F)C(F)(F)C(F)(F)C(F)(F)C(F)(F)C(F)(F)C(F)(F)C(F)(F)C(F)(F)C(F)(F)F)cc(C)c(N=C=O)c1N=C=O. The molecule has 0 fully saturated rings. The highest BCUT2D eigenvalue weighted by atomic mass is 19.4. The Hall–Kier alpha value is -5.81. The first-order valence-corrected chi connectivity index (χ1v) is 17.8. The summed E-state index contributed by atoms with van der Waals surface area (Å²) in [5, 5.41) is 0.995. The molecule has 0 aromatic heterocycles. The summed E-state index contributed by atoms with van der Waals surface area (Å²) in [5.41, 5.74) is -11.9. The molecule has 0 saturated heterocycles. The van der Waals surface area contributed by atoms with Gasteiger partial charge >= 0.3 is 119 Å². The summed E-state index contributed by atoms with van der Waals surface area (Å²) < 4.78 is 556. The summed E-state index contributed by atoms with van der Waals surface area (Å²) in [5.74, 6) is -185.